The first-order valence-electron chi connectivity index (χ1n) is 5.21. The average molecular weight is 254 g/mol. The van der Waals surface area contributed by atoms with Crippen molar-refractivity contribution in [3.8, 4) is 0 Å². The zero-order chi connectivity index (χ0) is 12.7. The molecule has 2 N–H and O–H groups in total. The SMILES string of the molecule is O=C(O)CCCSCc1cccc(C(=O)O)c1. The minimum Gasteiger partial charge on any atom is -0.481 e. The fourth-order valence-electron chi connectivity index (χ4n) is 1.31. The summed E-state index contributed by atoms with van der Waals surface area (Å²) < 4.78 is 0. The van der Waals surface area contributed by atoms with Gasteiger partial charge in [-0.3, -0.25) is 4.79 Å². The summed E-state index contributed by atoms with van der Waals surface area (Å²) in [5.41, 5.74) is 1.24. The van der Waals surface area contributed by atoms with Crippen molar-refractivity contribution < 1.29 is 19.8 Å². The number of aromatic carboxylic acids is 1. The van der Waals surface area contributed by atoms with Gasteiger partial charge in [0.15, 0.2) is 0 Å². The number of thioether (sulfide) groups is 1. The monoisotopic (exact) mass is 254 g/mol. The molecule has 5 heteroatoms. The van der Waals surface area contributed by atoms with Crippen molar-refractivity contribution in [3.05, 3.63) is 35.4 Å². The van der Waals surface area contributed by atoms with Gasteiger partial charge in [0.1, 0.15) is 0 Å². The molecule has 0 unspecified atom stereocenters. The van der Waals surface area contributed by atoms with Crippen LogP contribution in [0.5, 0.6) is 0 Å². The van der Waals surface area contributed by atoms with Crippen LogP contribution in [0.15, 0.2) is 24.3 Å². The van der Waals surface area contributed by atoms with Crippen LogP contribution in [0, 0.1) is 0 Å². The molecule has 0 aliphatic rings. The fourth-order valence-corrected chi connectivity index (χ4v) is 2.22. The summed E-state index contributed by atoms with van der Waals surface area (Å²) in [5, 5.41) is 17.3. The highest BCUT2D eigenvalue weighted by Gasteiger charge is 2.03. The molecule has 1 aromatic rings. The van der Waals surface area contributed by atoms with Gasteiger partial charge in [-0.2, -0.15) is 11.8 Å². The molecule has 0 saturated carbocycles. The molecule has 1 aromatic carbocycles. The van der Waals surface area contributed by atoms with Crippen molar-refractivity contribution in [2.75, 3.05) is 5.75 Å². The fraction of sp³-hybridized carbons (Fsp3) is 0.333. The molecule has 0 heterocycles. The minimum absolute atomic E-state index is 0.183. The molecular formula is C12H14O4S. The van der Waals surface area contributed by atoms with Gasteiger partial charge in [0, 0.05) is 12.2 Å². The highest BCUT2D eigenvalue weighted by molar-refractivity contribution is 7.98. The molecule has 0 aliphatic carbocycles. The lowest BCUT2D eigenvalue weighted by atomic mass is 10.1. The lowest BCUT2D eigenvalue weighted by Crippen LogP contribution is -1.97. The molecule has 4 nitrogen and oxygen atoms in total. The van der Waals surface area contributed by atoms with E-state index >= 15 is 0 Å². The predicted octanol–water partition coefficient (Wildman–Crippen LogP) is 2.48. The van der Waals surface area contributed by atoms with Crippen LogP contribution in [0.25, 0.3) is 0 Å². The Labute approximate surface area is 104 Å². The van der Waals surface area contributed by atoms with Gasteiger partial charge >= 0.3 is 11.9 Å². The van der Waals surface area contributed by atoms with Crippen LogP contribution in [-0.2, 0) is 10.5 Å². The topological polar surface area (TPSA) is 74.6 Å². The number of carbonyl (C=O) groups is 2. The summed E-state index contributed by atoms with van der Waals surface area (Å²) in [6.07, 6.45) is 0.820. The quantitative estimate of drug-likeness (QED) is 0.731. The van der Waals surface area contributed by atoms with Crippen molar-refractivity contribution in [1.29, 1.82) is 0 Å². The van der Waals surface area contributed by atoms with Crippen molar-refractivity contribution in [3.63, 3.8) is 0 Å². The number of aliphatic carboxylic acids is 1. The maximum Gasteiger partial charge on any atom is 0.335 e. The van der Waals surface area contributed by atoms with E-state index < -0.39 is 11.9 Å². The maximum absolute atomic E-state index is 10.7. The third-order valence-electron chi connectivity index (χ3n) is 2.12. The molecule has 0 fully saturated rings. The highest BCUT2D eigenvalue weighted by Crippen LogP contribution is 2.15. The Bertz CT molecular complexity index is 403. The Morgan fingerprint density at radius 1 is 1.24 bits per heavy atom. The van der Waals surface area contributed by atoms with Crippen molar-refractivity contribution in [2.24, 2.45) is 0 Å². The van der Waals surface area contributed by atoms with E-state index in [0.29, 0.717) is 12.2 Å². The summed E-state index contributed by atoms with van der Waals surface area (Å²) >= 11 is 1.61. The molecule has 0 aliphatic heterocycles. The lowest BCUT2D eigenvalue weighted by molar-refractivity contribution is -0.137. The molecule has 0 saturated heterocycles. The van der Waals surface area contributed by atoms with Gasteiger partial charge in [-0.05, 0) is 29.9 Å². The van der Waals surface area contributed by atoms with E-state index in [-0.39, 0.29) is 12.0 Å². The van der Waals surface area contributed by atoms with Crippen LogP contribution in [0.2, 0.25) is 0 Å². The number of benzene rings is 1. The lowest BCUT2D eigenvalue weighted by Gasteiger charge is -2.02. The maximum atomic E-state index is 10.7. The van der Waals surface area contributed by atoms with E-state index in [2.05, 4.69) is 0 Å². The van der Waals surface area contributed by atoms with Gasteiger partial charge in [0.25, 0.3) is 0 Å². The number of rotatable bonds is 7. The normalized spacial score (nSPS) is 10.1. The van der Waals surface area contributed by atoms with Gasteiger partial charge in [-0.15, -0.1) is 0 Å². The predicted molar refractivity (Wildman–Crippen MR) is 66.4 cm³/mol. The third-order valence-corrected chi connectivity index (χ3v) is 3.24. The second-order valence-corrected chi connectivity index (χ2v) is 4.66. The van der Waals surface area contributed by atoms with Crippen molar-refractivity contribution in [2.45, 2.75) is 18.6 Å². The van der Waals surface area contributed by atoms with Gasteiger partial charge in [-0.25, -0.2) is 4.79 Å². The molecule has 0 spiro atoms. The van der Waals surface area contributed by atoms with E-state index in [1.165, 1.54) is 0 Å². The smallest absolute Gasteiger partial charge is 0.335 e. The summed E-state index contributed by atoms with van der Waals surface area (Å²) in [6.45, 7) is 0. The Hall–Kier alpha value is -1.49. The largest absolute Gasteiger partial charge is 0.481 e. The van der Waals surface area contributed by atoms with E-state index in [4.69, 9.17) is 10.2 Å². The van der Waals surface area contributed by atoms with Gasteiger partial charge in [0.05, 0.1) is 5.56 Å². The first-order valence-corrected chi connectivity index (χ1v) is 6.37. The summed E-state index contributed by atoms with van der Waals surface area (Å²) in [6, 6.07) is 6.79. The Morgan fingerprint density at radius 2 is 2.00 bits per heavy atom. The van der Waals surface area contributed by atoms with Crippen LogP contribution < -0.4 is 0 Å². The van der Waals surface area contributed by atoms with Gasteiger partial charge in [-0.1, -0.05) is 12.1 Å². The van der Waals surface area contributed by atoms with E-state index in [0.717, 1.165) is 11.3 Å². The molecule has 0 atom stereocenters. The summed E-state index contributed by atoms with van der Waals surface area (Å²) in [4.78, 5) is 21.0. The molecule has 17 heavy (non-hydrogen) atoms. The number of carboxylic acids is 2. The molecular weight excluding hydrogens is 240 g/mol. The molecule has 0 bridgehead atoms. The second-order valence-electron chi connectivity index (χ2n) is 3.56. The number of hydrogen-bond donors (Lipinski definition) is 2. The molecule has 1 rings (SSSR count). The standard InChI is InChI=1S/C12H14O4S/c13-11(14)5-2-6-17-8-9-3-1-4-10(7-9)12(15)16/h1,3-4,7H,2,5-6,8H2,(H,13,14)(H,15,16). The Balaban J connectivity index is 2.34. The van der Waals surface area contributed by atoms with E-state index in [1.54, 1.807) is 30.0 Å². The van der Waals surface area contributed by atoms with Gasteiger partial charge < -0.3 is 10.2 Å². The number of hydrogen-bond acceptors (Lipinski definition) is 3. The van der Waals surface area contributed by atoms with E-state index in [9.17, 15) is 9.59 Å². The first-order chi connectivity index (χ1) is 8.09. The zero-order valence-electron chi connectivity index (χ0n) is 9.26. The number of carboxylic acid groups (broad SMARTS) is 2. The molecule has 0 radical (unpaired) electrons. The van der Waals surface area contributed by atoms with Gasteiger partial charge in [0.2, 0.25) is 0 Å². The molecule has 0 amide bonds. The Kier molecular flexibility index (Phi) is 5.56. The van der Waals surface area contributed by atoms with Crippen molar-refractivity contribution >= 4 is 23.7 Å². The summed E-state index contributed by atoms with van der Waals surface area (Å²) in [5.74, 6) is -0.231. The first kappa shape index (κ1) is 13.6. The average Bonchev–Trinajstić information content (AvgIpc) is 2.28. The van der Waals surface area contributed by atoms with Crippen LogP contribution in [-0.4, -0.2) is 27.9 Å². The summed E-state index contributed by atoms with van der Waals surface area (Å²) in [7, 11) is 0. The minimum atomic E-state index is -0.928. The third kappa shape index (κ3) is 5.40. The Morgan fingerprint density at radius 3 is 2.65 bits per heavy atom. The molecule has 92 valence electrons. The highest BCUT2D eigenvalue weighted by atomic mass is 32.2. The molecule has 0 aromatic heterocycles. The van der Waals surface area contributed by atoms with Crippen LogP contribution in [0.4, 0.5) is 0 Å². The zero-order valence-corrected chi connectivity index (χ0v) is 10.1. The van der Waals surface area contributed by atoms with Crippen molar-refractivity contribution in [1.82, 2.24) is 0 Å². The van der Waals surface area contributed by atoms with E-state index in [1.807, 2.05) is 6.07 Å². The van der Waals surface area contributed by atoms with Crippen LogP contribution in [0.1, 0.15) is 28.8 Å². The van der Waals surface area contributed by atoms with Crippen LogP contribution >= 0.6 is 11.8 Å². The second kappa shape index (κ2) is 6.96. The van der Waals surface area contributed by atoms with Crippen LogP contribution in [0.3, 0.4) is 0 Å².